The van der Waals surface area contributed by atoms with E-state index in [-0.39, 0.29) is 12.6 Å². The van der Waals surface area contributed by atoms with Crippen LogP contribution in [0, 0.1) is 11.3 Å². The molecule has 74 valence electrons. The normalized spacial score (nSPS) is 11.8. The van der Waals surface area contributed by atoms with Crippen LogP contribution in [0.15, 0.2) is 12.1 Å². The van der Waals surface area contributed by atoms with Gasteiger partial charge in [0.05, 0.1) is 0 Å². The van der Waals surface area contributed by atoms with Crippen LogP contribution in [0.1, 0.15) is 19.0 Å². The quantitative estimate of drug-likeness (QED) is 0.727. The van der Waals surface area contributed by atoms with E-state index in [1.807, 2.05) is 13.0 Å². The number of anilines is 1. The second kappa shape index (κ2) is 5.14. The number of rotatable bonds is 4. The van der Waals surface area contributed by atoms with Crippen LogP contribution < -0.4 is 5.32 Å². The molecule has 0 bridgehead atoms. The molecule has 0 aliphatic rings. The van der Waals surface area contributed by atoms with E-state index < -0.39 is 0 Å². The lowest BCUT2D eigenvalue weighted by Crippen LogP contribution is -2.17. The summed E-state index contributed by atoms with van der Waals surface area (Å²) < 4.78 is 0. The molecule has 0 amide bonds. The largest absolute Gasteiger partial charge is 0.396 e. The number of nitrogens with zero attached hydrogens (tertiary/aromatic N) is 3. The standard InChI is InChI=1S/C9H12N4O/c1-7(4-5-14)11-9-3-2-8(6-10)12-13-9/h2-3,7,14H,4-5H2,1H3,(H,11,13)/t7-/m1/s1. The number of nitrogens with one attached hydrogen (secondary N) is 1. The SMILES string of the molecule is C[C@H](CCO)Nc1ccc(C#N)nn1. The summed E-state index contributed by atoms with van der Waals surface area (Å²) >= 11 is 0. The van der Waals surface area contributed by atoms with Crippen molar-refractivity contribution >= 4 is 5.82 Å². The zero-order valence-corrected chi connectivity index (χ0v) is 7.94. The summed E-state index contributed by atoms with van der Waals surface area (Å²) in [6.07, 6.45) is 0.654. The van der Waals surface area contributed by atoms with E-state index in [4.69, 9.17) is 10.4 Å². The molecule has 0 saturated carbocycles. The van der Waals surface area contributed by atoms with Gasteiger partial charge < -0.3 is 10.4 Å². The molecule has 0 saturated heterocycles. The number of nitriles is 1. The Balaban J connectivity index is 2.56. The monoisotopic (exact) mass is 192 g/mol. The topological polar surface area (TPSA) is 81.8 Å². The summed E-state index contributed by atoms with van der Waals surface area (Å²) in [4.78, 5) is 0. The van der Waals surface area contributed by atoms with Crippen LogP contribution in [0.4, 0.5) is 5.82 Å². The van der Waals surface area contributed by atoms with Gasteiger partial charge in [0.25, 0.3) is 0 Å². The van der Waals surface area contributed by atoms with Crippen LogP contribution in [0.25, 0.3) is 0 Å². The van der Waals surface area contributed by atoms with Gasteiger partial charge in [-0.25, -0.2) is 0 Å². The highest BCUT2D eigenvalue weighted by Crippen LogP contribution is 2.04. The van der Waals surface area contributed by atoms with Crippen molar-refractivity contribution in [1.29, 1.82) is 5.26 Å². The number of hydrogen-bond acceptors (Lipinski definition) is 5. The average Bonchev–Trinajstić information content (AvgIpc) is 2.19. The summed E-state index contributed by atoms with van der Waals surface area (Å²) in [6, 6.07) is 5.32. The van der Waals surface area contributed by atoms with Crippen LogP contribution in [0.3, 0.4) is 0 Å². The third-order valence-corrected chi connectivity index (χ3v) is 1.74. The van der Waals surface area contributed by atoms with Gasteiger partial charge in [0.15, 0.2) is 5.69 Å². The van der Waals surface area contributed by atoms with Crippen molar-refractivity contribution in [3.63, 3.8) is 0 Å². The van der Waals surface area contributed by atoms with E-state index in [9.17, 15) is 0 Å². The molecule has 5 heteroatoms. The van der Waals surface area contributed by atoms with Gasteiger partial charge in [0, 0.05) is 12.6 Å². The van der Waals surface area contributed by atoms with E-state index in [0.29, 0.717) is 17.9 Å². The molecule has 1 aromatic rings. The highest BCUT2D eigenvalue weighted by molar-refractivity contribution is 5.35. The molecule has 0 unspecified atom stereocenters. The second-order valence-corrected chi connectivity index (χ2v) is 2.97. The van der Waals surface area contributed by atoms with Crippen molar-refractivity contribution < 1.29 is 5.11 Å². The van der Waals surface area contributed by atoms with Crippen molar-refractivity contribution in [1.82, 2.24) is 10.2 Å². The summed E-state index contributed by atoms with van der Waals surface area (Å²) in [5.74, 6) is 0.616. The van der Waals surface area contributed by atoms with Crippen LogP contribution >= 0.6 is 0 Å². The van der Waals surface area contributed by atoms with Gasteiger partial charge in [0.2, 0.25) is 0 Å². The number of aromatic nitrogens is 2. The van der Waals surface area contributed by atoms with Gasteiger partial charge in [-0.05, 0) is 25.5 Å². The summed E-state index contributed by atoms with van der Waals surface area (Å²) in [6.45, 7) is 2.08. The molecule has 5 nitrogen and oxygen atoms in total. The van der Waals surface area contributed by atoms with E-state index in [1.54, 1.807) is 12.1 Å². The van der Waals surface area contributed by atoms with Gasteiger partial charge in [-0.1, -0.05) is 0 Å². The maximum absolute atomic E-state index is 8.68. The van der Waals surface area contributed by atoms with E-state index >= 15 is 0 Å². The molecule has 1 atom stereocenters. The van der Waals surface area contributed by atoms with E-state index in [2.05, 4.69) is 15.5 Å². The van der Waals surface area contributed by atoms with Crippen molar-refractivity contribution in [3.05, 3.63) is 17.8 Å². The minimum atomic E-state index is 0.137. The predicted molar refractivity (Wildman–Crippen MR) is 51.5 cm³/mol. The fraction of sp³-hybridized carbons (Fsp3) is 0.444. The van der Waals surface area contributed by atoms with Crippen molar-refractivity contribution in [3.8, 4) is 6.07 Å². The molecular weight excluding hydrogens is 180 g/mol. The third-order valence-electron chi connectivity index (χ3n) is 1.74. The Bertz CT molecular complexity index is 317. The molecule has 1 rings (SSSR count). The Kier molecular flexibility index (Phi) is 3.83. The highest BCUT2D eigenvalue weighted by Gasteiger charge is 2.02. The van der Waals surface area contributed by atoms with Crippen LogP contribution in [-0.2, 0) is 0 Å². The molecule has 14 heavy (non-hydrogen) atoms. The molecule has 1 heterocycles. The molecule has 0 aromatic carbocycles. The Morgan fingerprint density at radius 2 is 2.36 bits per heavy atom. The first kappa shape index (κ1) is 10.4. The zero-order valence-electron chi connectivity index (χ0n) is 7.94. The first-order valence-electron chi connectivity index (χ1n) is 4.37. The Morgan fingerprint density at radius 3 is 2.86 bits per heavy atom. The smallest absolute Gasteiger partial charge is 0.163 e. The molecule has 0 aliphatic carbocycles. The molecule has 0 fully saturated rings. The Hall–Kier alpha value is -1.67. The average molecular weight is 192 g/mol. The van der Waals surface area contributed by atoms with Gasteiger partial charge in [0.1, 0.15) is 11.9 Å². The Labute approximate surface area is 82.4 Å². The minimum absolute atomic E-state index is 0.137. The summed E-state index contributed by atoms with van der Waals surface area (Å²) in [5, 5.41) is 27.7. The van der Waals surface area contributed by atoms with Crippen molar-refractivity contribution in [2.75, 3.05) is 11.9 Å². The predicted octanol–water partition coefficient (Wildman–Crippen LogP) is 0.531. The maximum atomic E-state index is 8.68. The highest BCUT2D eigenvalue weighted by atomic mass is 16.3. The minimum Gasteiger partial charge on any atom is -0.396 e. The molecule has 0 spiro atoms. The van der Waals surface area contributed by atoms with Crippen LogP contribution in [0.5, 0.6) is 0 Å². The van der Waals surface area contributed by atoms with Gasteiger partial charge >= 0.3 is 0 Å². The lowest BCUT2D eigenvalue weighted by Gasteiger charge is -2.11. The summed E-state index contributed by atoms with van der Waals surface area (Å²) in [7, 11) is 0. The van der Waals surface area contributed by atoms with Gasteiger partial charge in [-0.2, -0.15) is 5.26 Å². The lowest BCUT2D eigenvalue weighted by molar-refractivity contribution is 0.282. The van der Waals surface area contributed by atoms with Gasteiger partial charge in [-0.15, -0.1) is 10.2 Å². The fourth-order valence-electron chi connectivity index (χ4n) is 0.987. The maximum Gasteiger partial charge on any atom is 0.163 e. The van der Waals surface area contributed by atoms with Crippen molar-refractivity contribution in [2.24, 2.45) is 0 Å². The molecule has 0 radical (unpaired) electrons. The molecule has 0 aliphatic heterocycles. The third kappa shape index (κ3) is 2.99. The van der Waals surface area contributed by atoms with Gasteiger partial charge in [-0.3, -0.25) is 0 Å². The molecule has 2 N–H and O–H groups in total. The molecular formula is C9H12N4O. The van der Waals surface area contributed by atoms with E-state index in [1.165, 1.54) is 0 Å². The Morgan fingerprint density at radius 1 is 1.57 bits per heavy atom. The number of hydrogen-bond donors (Lipinski definition) is 2. The summed E-state index contributed by atoms with van der Waals surface area (Å²) in [5.41, 5.74) is 0.297. The lowest BCUT2D eigenvalue weighted by atomic mass is 10.2. The molecule has 1 aromatic heterocycles. The van der Waals surface area contributed by atoms with Crippen LogP contribution in [-0.4, -0.2) is 28.0 Å². The first-order valence-corrected chi connectivity index (χ1v) is 4.37. The second-order valence-electron chi connectivity index (χ2n) is 2.97. The number of aliphatic hydroxyl groups is 1. The van der Waals surface area contributed by atoms with E-state index in [0.717, 1.165) is 0 Å². The first-order chi connectivity index (χ1) is 6.76. The number of aliphatic hydroxyl groups excluding tert-OH is 1. The fourth-order valence-corrected chi connectivity index (χ4v) is 0.987. The zero-order chi connectivity index (χ0) is 10.4. The van der Waals surface area contributed by atoms with Crippen LogP contribution in [0.2, 0.25) is 0 Å². The van der Waals surface area contributed by atoms with Crippen molar-refractivity contribution in [2.45, 2.75) is 19.4 Å².